The van der Waals surface area contributed by atoms with Gasteiger partial charge in [0.15, 0.2) is 0 Å². The maximum Gasteiger partial charge on any atom is 0.472 e. The highest BCUT2D eigenvalue weighted by molar-refractivity contribution is 7.47. The first-order valence-electron chi connectivity index (χ1n) is 21.0. The van der Waals surface area contributed by atoms with E-state index in [1.165, 1.54) is 89.9 Å². The van der Waals surface area contributed by atoms with Crippen molar-refractivity contribution in [3.8, 4) is 0 Å². The van der Waals surface area contributed by atoms with Crippen LogP contribution >= 0.6 is 7.82 Å². The Hall–Kier alpha value is -1.54. The lowest BCUT2D eigenvalue weighted by Gasteiger charge is -2.25. The molecule has 0 aromatic heterocycles. The van der Waals surface area contributed by atoms with E-state index in [0.29, 0.717) is 17.4 Å². The van der Waals surface area contributed by atoms with Crippen LogP contribution in [0.5, 0.6) is 0 Å². The normalized spacial score (nSPS) is 15.0. The van der Waals surface area contributed by atoms with Crippen LogP contribution in [0.15, 0.2) is 48.6 Å². The SMILES string of the molecule is CCCCC/C=C\CCCCCCCC(=O)NC(COP(=O)(O)OCC[N+](C)(C)C)C(O)/C=C/CC/C=C/CC/C=C/CCCCCCCCCC. The summed E-state index contributed by atoms with van der Waals surface area (Å²) in [5.74, 6) is -0.204. The molecule has 0 fully saturated rings. The molecule has 0 spiro atoms. The zero-order valence-electron chi connectivity index (χ0n) is 34.3. The molecule has 0 aromatic rings. The van der Waals surface area contributed by atoms with Crippen molar-refractivity contribution in [3.05, 3.63) is 48.6 Å². The largest absolute Gasteiger partial charge is 0.472 e. The fraction of sp³-hybridized carbons (Fsp3) is 0.791. The number of unbranched alkanes of at least 4 members (excludes halogenated alkanes) is 18. The minimum Gasteiger partial charge on any atom is -0.387 e. The van der Waals surface area contributed by atoms with Gasteiger partial charge in [-0.2, -0.15) is 0 Å². The van der Waals surface area contributed by atoms with Crippen molar-refractivity contribution < 1.29 is 32.9 Å². The summed E-state index contributed by atoms with van der Waals surface area (Å²) in [6.45, 7) is 4.73. The predicted octanol–water partition coefficient (Wildman–Crippen LogP) is 11.3. The molecule has 0 rings (SSSR count). The number of quaternary nitrogens is 1. The Labute approximate surface area is 320 Å². The quantitative estimate of drug-likeness (QED) is 0.0252. The van der Waals surface area contributed by atoms with Crippen LogP contribution in [0.1, 0.15) is 168 Å². The lowest BCUT2D eigenvalue weighted by atomic mass is 10.1. The third-order valence-corrected chi connectivity index (χ3v) is 9.98. The molecule has 9 heteroatoms. The van der Waals surface area contributed by atoms with E-state index >= 15 is 0 Å². The summed E-state index contributed by atoms with van der Waals surface area (Å²) in [5, 5.41) is 13.8. The molecule has 3 unspecified atom stereocenters. The van der Waals surface area contributed by atoms with Gasteiger partial charge in [-0.3, -0.25) is 13.8 Å². The lowest BCUT2D eigenvalue weighted by Crippen LogP contribution is -2.45. The number of nitrogens with one attached hydrogen (secondary N) is 1. The zero-order valence-corrected chi connectivity index (χ0v) is 35.2. The van der Waals surface area contributed by atoms with E-state index in [4.69, 9.17) is 9.05 Å². The number of aliphatic hydroxyl groups is 1. The van der Waals surface area contributed by atoms with Gasteiger partial charge in [-0.1, -0.05) is 140 Å². The molecule has 3 N–H and O–H groups in total. The molecule has 0 saturated heterocycles. The van der Waals surface area contributed by atoms with Crippen molar-refractivity contribution in [2.24, 2.45) is 0 Å². The fourth-order valence-corrected chi connectivity index (χ4v) is 6.33. The summed E-state index contributed by atoms with van der Waals surface area (Å²) in [7, 11) is 1.53. The first-order valence-corrected chi connectivity index (χ1v) is 22.5. The van der Waals surface area contributed by atoms with Gasteiger partial charge < -0.3 is 19.8 Å². The molecule has 1 amide bonds. The number of phosphoric acid groups is 1. The number of allylic oxidation sites excluding steroid dienone is 7. The van der Waals surface area contributed by atoms with E-state index in [2.05, 4.69) is 55.6 Å². The minimum absolute atomic E-state index is 0.0507. The van der Waals surface area contributed by atoms with Gasteiger partial charge in [0.25, 0.3) is 0 Å². The van der Waals surface area contributed by atoms with Crippen LogP contribution in [0.3, 0.4) is 0 Å². The Morgan fingerprint density at radius 2 is 1.06 bits per heavy atom. The standard InChI is InChI=1S/C43H81N2O6P/c1-6-8-10-12-14-16-18-20-21-22-23-24-25-26-28-30-32-34-36-42(46)41(40-51-52(48,49)50-39-38-45(3,4)5)44-43(47)37-35-33-31-29-27-19-17-15-13-11-9-7-2/h15,17,22-23,26,28,34,36,41-42,46H,6-14,16,18-21,24-25,27,29-33,35,37-40H2,1-5H3,(H-,44,47,48,49)/p+1/b17-15-,23-22+,28-26+,36-34+. The third kappa shape index (κ3) is 36.8. The number of carbonyl (C=O) groups excluding carboxylic acids is 1. The lowest BCUT2D eigenvalue weighted by molar-refractivity contribution is -0.870. The molecule has 0 bridgehead atoms. The van der Waals surface area contributed by atoms with Crippen LogP contribution < -0.4 is 5.32 Å². The van der Waals surface area contributed by atoms with Gasteiger partial charge in [-0.25, -0.2) is 4.57 Å². The van der Waals surface area contributed by atoms with Gasteiger partial charge in [-0.15, -0.1) is 0 Å². The second-order valence-corrected chi connectivity index (χ2v) is 16.8. The number of phosphoric ester groups is 1. The molecule has 0 aliphatic rings. The summed E-state index contributed by atoms with van der Waals surface area (Å²) >= 11 is 0. The van der Waals surface area contributed by atoms with Crippen LogP contribution in [0.25, 0.3) is 0 Å². The smallest absolute Gasteiger partial charge is 0.387 e. The number of hydrogen-bond acceptors (Lipinski definition) is 5. The van der Waals surface area contributed by atoms with Gasteiger partial charge in [0.05, 0.1) is 39.9 Å². The molecule has 0 aliphatic heterocycles. The van der Waals surface area contributed by atoms with Crippen LogP contribution in [0.2, 0.25) is 0 Å². The molecule has 0 heterocycles. The first kappa shape index (κ1) is 50.5. The molecule has 0 aromatic carbocycles. The van der Waals surface area contributed by atoms with Gasteiger partial charge in [0.1, 0.15) is 13.2 Å². The number of rotatable bonds is 37. The Balaban J connectivity index is 4.57. The monoisotopic (exact) mass is 754 g/mol. The summed E-state index contributed by atoms with van der Waals surface area (Å²) < 4.78 is 23.5. The fourth-order valence-electron chi connectivity index (χ4n) is 5.59. The van der Waals surface area contributed by atoms with Crippen molar-refractivity contribution in [3.63, 3.8) is 0 Å². The average Bonchev–Trinajstić information content (AvgIpc) is 3.09. The van der Waals surface area contributed by atoms with E-state index in [9.17, 15) is 19.4 Å². The van der Waals surface area contributed by atoms with E-state index in [1.807, 2.05) is 27.2 Å². The van der Waals surface area contributed by atoms with E-state index in [1.54, 1.807) is 6.08 Å². The summed E-state index contributed by atoms with van der Waals surface area (Å²) in [6.07, 6.45) is 43.2. The first-order chi connectivity index (χ1) is 25.0. The van der Waals surface area contributed by atoms with Gasteiger partial charge >= 0.3 is 7.82 Å². The summed E-state index contributed by atoms with van der Waals surface area (Å²) in [6, 6.07) is -0.872. The van der Waals surface area contributed by atoms with Crippen molar-refractivity contribution in [2.75, 3.05) is 40.9 Å². The Kier molecular flexibility index (Phi) is 34.1. The Bertz CT molecular complexity index is 991. The second-order valence-electron chi connectivity index (χ2n) is 15.3. The van der Waals surface area contributed by atoms with Crippen LogP contribution in [-0.4, -0.2) is 73.4 Å². The van der Waals surface area contributed by atoms with E-state index in [-0.39, 0.29) is 19.1 Å². The topological polar surface area (TPSA) is 105 Å². The number of nitrogens with zero attached hydrogens (tertiary/aromatic N) is 1. The molecule has 0 aliphatic carbocycles. The highest BCUT2D eigenvalue weighted by atomic mass is 31.2. The predicted molar refractivity (Wildman–Crippen MR) is 221 cm³/mol. The van der Waals surface area contributed by atoms with Crippen molar-refractivity contribution in [1.82, 2.24) is 5.32 Å². The maximum absolute atomic E-state index is 12.8. The highest BCUT2D eigenvalue weighted by Gasteiger charge is 2.27. The third-order valence-electron chi connectivity index (χ3n) is 9.00. The molecular weight excluding hydrogens is 671 g/mol. The van der Waals surface area contributed by atoms with Crippen LogP contribution in [-0.2, 0) is 18.4 Å². The Morgan fingerprint density at radius 3 is 1.58 bits per heavy atom. The molecule has 52 heavy (non-hydrogen) atoms. The van der Waals surface area contributed by atoms with Crippen LogP contribution in [0.4, 0.5) is 0 Å². The number of amides is 1. The van der Waals surface area contributed by atoms with Crippen molar-refractivity contribution >= 4 is 13.7 Å². The van der Waals surface area contributed by atoms with Gasteiger partial charge in [0.2, 0.25) is 5.91 Å². The molecule has 0 radical (unpaired) electrons. The molecule has 0 saturated carbocycles. The van der Waals surface area contributed by atoms with Crippen molar-refractivity contribution in [2.45, 2.75) is 180 Å². The van der Waals surface area contributed by atoms with E-state index in [0.717, 1.165) is 57.8 Å². The summed E-state index contributed by atoms with van der Waals surface area (Å²) in [4.78, 5) is 23.0. The zero-order chi connectivity index (χ0) is 38.6. The molecule has 3 atom stereocenters. The van der Waals surface area contributed by atoms with Gasteiger partial charge in [0, 0.05) is 6.42 Å². The number of aliphatic hydroxyl groups excluding tert-OH is 1. The molecule has 8 nitrogen and oxygen atoms in total. The van der Waals surface area contributed by atoms with E-state index < -0.39 is 20.0 Å². The Morgan fingerprint density at radius 1 is 0.635 bits per heavy atom. The number of likely N-dealkylation sites (N-methyl/N-ethyl adjacent to an activating group) is 1. The maximum atomic E-state index is 12.8. The number of hydrogen-bond donors (Lipinski definition) is 3. The highest BCUT2D eigenvalue weighted by Crippen LogP contribution is 2.43. The summed E-state index contributed by atoms with van der Waals surface area (Å²) in [5.41, 5.74) is 0. The van der Waals surface area contributed by atoms with Crippen LogP contribution in [0, 0.1) is 0 Å². The average molecular weight is 754 g/mol. The van der Waals surface area contributed by atoms with Gasteiger partial charge in [-0.05, 0) is 70.6 Å². The van der Waals surface area contributed by atoms with Crippen molar-refractivity contribution in [1.29, 1.82) is 0 Å². The molecule has 304 valence electrons. The molecular formula is C43H82N2O6P+. The number of carbonyl (C=O) groups is 1. The minimum atomic E-state index is -4.35. The second kappa shape index (κ2) is 35.2.